The first kappa shape index (κ1) is 15.8. The molecule has 0 saturated heterocycles. The number of carbonyl (C=O) groups is 1. The van der Waals surface area contributed by atoms with Gasteiger partial charge < -0.3 is 10.6 Å². The molecular formula is C15H20BrClN2O. The van der Waals surface area contributed by atoms with E-state index in [4.69, 9.17) is 17.3 Å². The maximum absolute atomic E-state index is 12.7. The van der Waals surface area contributed by atoms with E-state index < -0.39 is 0 Å². The van der Waals surface area contributed by atoms with Crippen LogP contribution in [0.5, 0.6) is 0 Å². The molecule has 3 nitrogen and oxygen atoms in total. The molecule has 0 aromatic heterocycles. The van der Waals surface area contributed by atoms with Gasteiger partial charge in [0.05, 0.1) is 10.6 Å². The number of carbonyl (C=O) groups excluding carboxylic acids is 1. The summed E-state index contributed by atoms with van der Waals surface area (Å²) < 4.78 is 0.878. The van der Waals surface area contributed by atoms with E-state index in [9.17, 15) is 4.79 Å². The first-order chi connectivity index (χ1) is 9.58. The molecular weight excluding hydrogens is 340 g/mol. The summed E-state index contributed by atoms with van der Waals surface area (Å²) in [6.07, 6.45) is 3.29. The van der Waals surface area contributed by atoms with Crippen LogP contribution in [0.1, 0.15) is 36.5 Å². The van der Waals surface area contributed by atoms with Gasteiger partial charge in [0.2, 0.25) is 0 Å². The summed E-state index contributed by atoms with van der Waals surface area (Å²) in [6.45, 7) is 3.34. The second-order valence-corrected chi connectivity index (χ2v) is 6.53. The first-order valence-corrected chi connectivity index (χ1v) is 8.21. The normalized spacial score (nSPS) is 22.0. The Bertz CT molecular complexity index is 495. The van der Waals surface area contributed by atoms with Crippen LogP contribution in [0.2, 0.25) is 5.02 Å². The minimum Gasteiger partial charge on any atom is -0.336 e. The molecule has 0 radical (unpaired) electrons. The maximum Gasteiger partial charge on any atom is 0.255 e. The molecule has 0 heterocycles. The van der Waals surface area contributed by atoms with Crippen molar-refractivity contribution >= 4 is 33.4 Å². The number of rotatable bonds is 4. The Morgan fingerprint density at radius 2 is 2.25 bits per heavy atom. The number of hydrogen-bond acceptors (Lipinski definition) is 2. The fourth-order valence-corrected chi connectivity index (χ4v) is 3.80. The van der Waals surface area contributed by atoms with Crippen molar-refractivity contribution in [2.75, 3.05) is 13.1 Å². The van der Waals surface area contributed by atoms with Crippen molar-refractivity contribution in [2.45, 2.75) is 32.2 Å². The van der Waals surface area contributed by atoms with Gasteiger partial charge in [-0.1, -0.05) is 34.0 Å². The summed E-state index contributed by atoms with van der Waals surface area (Å²) in [7, 11) is 0. The molecule has 1 aromatic rings. The molecule has 20 heavy (non-hydrogen) atoms. The Morgan fingerprint density at radius 3 is 2.85 bits per heavy atom. The van der Waals surface area contributed by atoms with Gasteiger partial charge in [0.15, 0.2) is 0 Å². The fourth-order valence-electron chi connectivity index (χ4n) is 3.05. The average Bonchev–Trinajstić information content (AvgIpc) is 2.87. The van der Waals surface area contributed by atoms with E-state index in [1.165, 1.54) is 0 Å². The van der Waals surface area contributed by atoms with Gasteiger partial charge in [0.1, 0.15) is 0 Å². The van der Waals surface area contributed by atoms with Crippen molar-refractivity contribution in [2.24, 2.45) is 11.7 Å². The SMILES string of the molecule is CCN(C(=O)c1ccc(Br)cc1Cl)C1CCCC1CN. The van der Waals surface area contributed by atoms with Crippen LogP contribution in [0, 0.1) is 5.92 Å². The Labute approximate surface area is 133 Å². The monoisotopic (exact) mass is 358 g/mol. The standard InChI is InChI=1S/C15H20BrClN2O/c1-2-19(14-5-3-4-10(14)9-18)15(20)12-7-6-11(16)8-13(12)17/h6-8,10,14H,2-5,9,18H2,1H3. The van der Waals surface area contributed by atoms with Gasteiger partial charge in [-0.3, -0.25) is 4.79 Å². The summed E-state index contributed by atoms with van der Waals surface area (Å²) in [5.41, 5.74) is 6.40. The lowest BCUT2D eigenvalue weighted by Crippen LogP contribution is -2.44. The van der Waals surface area contributed by atoms with Gasteiger partial charge in [-0.05, 0) is 50.4 Å². The molecule has 1 fully saturated rings. The molecule has 1 aromatic carbocycles. The lowest BCUT2D eigenvalue weighted by Gasteiger charge is -2.32. The minimum atomic E-state index is 0.00958. The van der Waals surface area contributed by atoms with E-state index in [0.29, 0.717) is 29.6 Å². The van der Waals surface area contributed by atoms with Gasteiger partial charge in [0, 0.05) is 17.1 Å². The van der Waals surface area contributed by atoms with E-state index in [1.54, 1.807) is 12.1 Å². The quantitative estimate of drug-likeness (QED) is 0.891. The summed E-state index contributed by atoms with van der Waals surface area (Å²) in [5.74, 6) is 0.420. The van der Waals surface area contributed by atoms with Gasteiger partial charge in [0.25, 0.3) is 5.91 Å². The summed E-state index contributed by atoms with van der Waals surface area (Å²) in [4.78, 5) is 14.7. The van der Waals surface area contributed by atoms with Crippen molar-refractivity contribution in [1.29, 1.82) is 0 Å². The van der Waals surface area contributed by atoms with E-state index >= 15 is 0 Å². The van der Waals surface area contributed by atoms with Gasteiger partial charge in [-0.25, -0.2) is 0 Å². The molecule has 2 N–H and O–H groups in total. The zero-order chi connectivity index (χ0) is 14.7. The van der Waals surface area contributed by atoms with Gasteiger partial charge in [-0.2, -0.15) is 0 Å². The molecule has 1 saturated carbocycles. The van der Waals surface area contributed by atoms with Crippen molar-refractivity contribution in [3.8, 4) is 0 Å². The predicted octanol–water partition coefficient (Wildman–Crippen LogP) is 3.69. The third-order valence-corrected chi connectivity index (χ3v) is 4.89. The summed E-state index contributed by atoms with van der Waals surface area (Å²) in [5, 5.41) is 0.491. The largest absolute Gasteiger partial charge is 0.336 e. The molecule has 5 heteroatoms. The number of benzene rings is 1. The predicted molar refractivity (Wildman–Crippen MR) is 86.0 cm³/mol. The van der Waals surface area contributed by atoms with Crippen LogP contribution in [0.15, 0.2) is 22.7 Å². The van der Waals surface area contributed by atoms with Crippen LogP contribution in [0.3, 0.4) is 0 Å². The molecule has 1 amide bonds. The van der Waals surface area contributed by atoms with Gasteiger partial charge >= 0.3 is 0 Å². The molecule has 0 aliphatic heterocycles. The zero-order valence-electron chi connectivity index (χ0n) is 11.6. The number of amides is 1. The topological polar surface area (TPSA) is 46.3 Å². The van der Waals surface area contributed by atoms with E-state index in [1.807, 2.05) is 17.9 Å². The second-order valence-electron chi connectivity index (χ2n) is 5.21. The Kier molecular flexibility index (Phi) is 5.47. The smallest absolute Gasteiger partial charge is 0.255 e. The van der Waals surface area contributed by atoms with Crippen molar-refractivity contribution in [1.82, 2.24) is 4.90 Å². The minimum absolute atomic E-state index is 0.00958. The first-order valence-electron chi connectivity index (χ1n) is 7.04. The molecule has 0 spiro atoms. The highest BCUT2D eigenvalue weighted by Gasteiger charge is 2.33. The highest BCUT2D eigenvalue weighted by atomic mass is 79.9. The van der Waals surface area contributed by atoms with Gasteiger partial charge in [-0.15, -0.1) is 0 Å². The molecule has 110 valence electrons. The molecule has 1 aliphatic rings. The number of hydrogen-bond donors (Lipinski definition) is 1. The van der Waals surface area contributed by atoms with E-state index in [2.05, 4.69) is 15.9 Å². The van der Waals surface area contributed by atoms with Crippen LogP contribution < -0.4 is 5.73 Å². The summed E-state index contributed by atoms with van der Waals surface area (Å²) in [6, 6.07) is 5.64. The molecule has 2 atom stereocenters. The van der Waals surface area contributed by atoms with Crippen LogP contribution in [-0.4, -0.2) is 29.9 Å². The number of halogens is 2. The van der Waals surface area contributed by atoms with Crippen LogP contribution in [0.25, 0.3) is 0 Å². The third-order valence-electron chi connectivity index (χ3n) is 4.09. The molecule has 1 aliphatic carbocycles. The Morgan fingerprint density at radius 1 is 1.50 bits per heavy atom. The second kappa shape index (κ2) is 6.92. The summed E-state index contributed by atoms with van der Waals surface area (Å²) >= 11 is 9.56. The lowest BCUT2D eigenvalue weighted by molar-refractivity contribution is 0.0652. The third kappa shape index (κ3) is 3.18. The van der Waals surface area contributed by atoms with Crippen molar-refractivity contribution in [3.63, 3.8) is 0 Å². The van der Waals surface area contributed by atoms with Crippen LogP contribution in [0.4, 0.5) is 0 Å². The fraction of sp³-hybridized carbons (Fsp3) is 0.533. The van der Waals surface area contributed by atoms with E-state index in [-0.39, 0.29) is 11.9 Å². The lowest BCUT2D eigenvalue weighted by atomic mass is 10.0. The Balaban J connectivity index is 2.24. The highest BCUT2D eigenvalue weighted by Crippen LogP contribution is 2.31. The molecule has 0 bridgehead atoms. The van der Waals surface area contributed by atoms with Crippen LogP contribution >= 0.6 is 27.5 Å². The number of nitrogens with two attached hydrogens (primary N) is 1. The molecule has 2 rings (SSSR count). The number of nitrogens with zero attached hydrogens (tertiary/aromatic N) is 1. The van der Waals surface area contributed by atoms with Crippen molar-refractivity contribution in [3.05, 3.63) is 33.3 Å². The highest BCUT2D eigenvalue weighted by molar-refractivity contribution is 9.10. The molecule has 2 unspecified atom stereocenters. The van der Waals surface area contributed by atoms with Crippen molar-refractivity contribution < 1.29 is 4.79 Å². The van der Waals surface area contributed by atoms with E-state index in [0.717, 1.165) is 23.7 Å². The maximum atomic E-state index is 12.7. The zero-order valence-corrected chi connectivity index (χ0v) is 14.0. The Hall–Kier alpha value is -0.580. The average molecular weight is 360 g/mol. The van der Waals surface area contributed by atoms with Crippen LogP contribution in [-0.2, 0) is 0 Å².